The second kappa shape index (κ2) is 6.84. The molecule has 0 radical (unpaired) electrons. The van der Waals surface area contributed by atoms with Crippen LogP contribution in [0.3, 0.4) is 0 Å². The van der Waals surface area contributed by atoms with Crippen molar-refractivity contribution in [3.8, 4) is 0 Å². The van der Waals surface area contributed by atoms with Gasteiger partial charge in [0.1, 0.15) is 0 Å². The summed E-state index contributed by atoms with van der Waals surface area (Å²) in [6.45, 7) is 4.34. The average molecular weight is 332 g/mol. The van der Waals surface area contributed by atoms with Gasteiger partial charge in [0.2, 0.25) is 5.91 Å². The third-order valence-corrected chi connectivity index (χ3v) is 5.99. The second-order valence-electron chi connectivity index (χ2n) is 7.46. The molecular weight excluding hydrogens is 304 g/mol. The Morgan fingerprint density at radius 1 is 1.12 bits per heavy atom. The molecular formula is C18H28N4O2. The molecule has 24 heavy (non-hydrogen) atoms. The first-order valence-corrected chi connectivity index (χ1v) is 9.46. The molecule has 1 N–H and O–H groups in total. The van der Waals surface area contributed by atoms with Gasteiger partial charge in [0, 0.05) is 50.0 Å². The quantitative estimate of drug-likeness (QED) is 0.890. The lowest BCUT2D eigenvalue weighted by atomic mass is 10.0. The van der Waals surface area contributed by atoms with E-state index in [2.05, 4.69) is 14.7 Å². The van der Waals surface area contributed by atoms with Gasteiger partial charge in [-0.05, 0) is 38.5 Å². The largest absolute Gasteiger partial charge is 0.391 e. The van der Waals surface area contributed by atoms with Crippen LogP contribution in [0.2, 0.25) is 0 Å². The lowest BCUT2D eigenvalue weighted by Gasteiger charge is -2.39. The second-order valence-corrected chi connectivity index (χ2v) is 7.46. The highest BCUT2D eigenvalue weighted by molar-refractivity contribution is 5.79. The summed E-state index contributed by atoms with van der Waals surface area (Å²) in [5, 5.41) is 14.5. The van der Waals surface area contributed by atoms with Crippen molar-refractivity contribution in [1.82, 2.24) is 19.6 Å². The predicted molar refractivity (Wildman–Crippen MR) is 90.7 cm³/mol. The Bertz CT molecular complexity index is 592. The first-order chi connectivity index (χ1) is 11.7. The van der Waals surface area contributed by atoms with E-state index in [0.717, 1.165) is 64.0 Å². The van der Waals surface area contributed by atoms with Crippen LogP contribution in [-0.2, 0) is 24.2 Å². The number of piperazine rings is 1. The molecule has 6 heteroatoms. The normalized spacial score (nSPS) is 28.1. The fourth-order valence-corrected chi connectivity index (χ4v) is 4.56. The van der Waals surface area contributed by atoms with E-state index < -0.39 is 0 Å². The Hall–Kier alpha value is -1.40. The fraction of sp³-hybridized carbons (Fsp3) is 0.778. The number of nitrogens with zero attached hydrogens (tertiary/aromatic N) is 4. The summed E-state index contributed by atoms with van der Waals surface area (Å²) in [6, 6.07) is 0.310. The van der Waals surface area contributed by atoms with Crippen LogP contribution in [-0.4, -0.2) is 68.9 Å². The van der Waals surface area contributed by atoms with E-state index >= 15 is 0 Å². The topological polar surface area (TPSA) is 61.6 Å². The van der Waals surface area contributed by atoms with Crippen LogP contribution in [0.5, 0.6) is 0 Å². The number of carbonyl (C=O) groups is 1. The molecule has 3 aliphatic rings. The number of hydrogen-bond acceptors (Lipinski definition) is 4. The minimum atomic E-state index is -0.175. The molecule has 0 bridgehead atoms. The van der Waals surface area contributed by atoms with Gasteiger partial charge >= 0.3 is 0 Å². The van der Waals surface area contributed by atoms with E-state index in [0.29, 0.717) is 12.5 Å². The molecule has 1 aromatic heterocycles. The van der Waals surface area contributed by atoms with Crippen molar-refractivity contribution in [1.29, 1.82) is 0 Å². The van der Waals surface area contributed by atoms with Crippen LogP contribution in [0, 0.1) is 0 Å². The van der Waals surface area contributed by atoms with Crippen LogP contribution in [0.25, 0.3) is 0 Å². The first-order valence-electron chi connectivity index (χ1n) is 9.46. The molecule has 1 saturated carbocycles. The number of aliphatic hydroxyl groups excluding tert-OH is 1. The molecule has 2 aliphatic heterocycles. The molecule has 1 saturated heterocycles. The van der Waals surface area contributed by atoms with Crippen molar-refractivity contribution in [2.75, 3.05) is 26.2 Å². The summed E-state index contributed by atoms with van der Waals surface area (Å²) in [4.78, 5) is 17.0. The smallest absolute Gasteiger partial charge is 0.227 e. The average Bonchev–Trinajstić information content (AvgIpc) is 3.22. The molecule has 1 aromatic rings. The fourth-order valence-electron chi connectivity index (χ4n) is 4.56. The van der Waals surface area contributed by atoms with Gasteiger partial charge in [0.15, 0.2) is 0 Å². The third kappa shape index (κ3) is 3.09. The summed E-state index contributed by atoms with van der Waals surface area (Å²) in [5.41, 5.74) is 2.38. The van der Waals surface area contributed by atoms with Crippen LogP contribution in [0.15, 0.2) is 6.20 Å². The van der Waals surface area contributed by atoms with Gasteiger partial charge in [-0.15, -0.1) is 0 Å². The summed E-state index contributed by atoms with van der Waals surface area (Å²) in [5.74, 6) is 0.225. The number of rotatable bonds is 3. The molecule has 0 aromatic carbocycles. The van der Waals surface area contributed by atoms with Gasteiger partial charge in [-0.25, -0.2) is 0 Å². The highest BCUT2D eigenvalue weighted by atomic mass is 16.3. The highest BCUT2D eigenvalue weighted by Gasteiger charge is 2.33. The summed E-state index contributed by atoms with van der Waals surface area (Å²) >= 11 is 0. The summed E-state index contributed by atoms with van der Waals surface area (Å²) in [7, 11) is 0. The van der Waals surface area contributed by atoms with Crippen molar-refractivity contribution in [2.45, 2.75) is 63.6 Å². The molecule has 1 aliphatic carbocycles. The SMILES string of the molecule is O=C(Cc1cnn2c1CCCC2)N1CCN(C2CCCC2O)CC1. The molecule has 4 rings (SSSR count). The number of fused-ring (bicyclic) bond motifs is 1. The zero-order valence-corrected chi connectivity index (χ0v) is 14.4. The zero-order chi connectivity index (χ0) is 16.5. The molecule has 2 atom stereocenters. The lowest BCUT2D eigenvalue weighted by Crippen LogP contribution is -2.53. The third-order valence-electron chi connectivity index (χ3n) is 5.99. The van der Waals surface area contributed by atoms with Crippen LogP contribution < -0.4 is 0 Å². The maximum Gasteiger partial charge on any atom is 0.227 e. The van der Waals surface area contributed by atoms with E-state index in [1.54, 1.807) is 0 Å². The van der Waals surface area contributed by atoms with Gasteiger partial charge in [0.25, 0.3) is 0 Å². The minimum Gasteiger partial charge on any atom is -0.391 e. The number of carbonyl (C=O) groups excluding carboxylic acids is 1. The Kier molecular flexibility index (Phi) is 4.59. The zero-order valence-electron chi connectivity index (χ0n) is 14.4. The predicted octanol–water partition coefficient (Wildman–Crippen LogP) is 0.819. The van der Waals surface area contributed by atoms with Gasteiger partial charge in [-0.3, -0.25) is 14.4 Å². The number of aromatic nitrogens is 2. The maximum absolute atomic E-state index is 12.7. The maximum atomic E-state index is 12.7. The van der Waals surface area contributed by atoms with E-state index in [4.69, 9.17) is 0 Å². The number of aryl methyl sites for hydroxylation is 1. The molecule has 2 fully saturated rings. The minimum absolute atomic E-state index is 0.175. The van der Waals surface area contributed by atoms with Gasteiger partial charge < -0.3 is 10.0 Å². The molecule has 6 nitrogen and oxygen atoms in total. The standard InChI is InChI=1S/C18H28N4O2/c23-17-6-3-5-16(17)20-8-10-21(11-9-20)18(24)12-14-13-19-22-7-2-1-4-15(14)22/h13,16-17,23H,1-12H2. The van der Waals surface area contributed by atoms with E-state index in [1.165, 1.54) is 18.5 Å². The van der Waals surface area contributed by atoms with Crippen molar-refractivity contribution in [3.05, 3.63) is 17.5 Å². The van der Waals surface area contributed by atoms with Crippen molar-refractivity contribution in [3.63, 3.8) is 0 Å². The molecule has 3 heterocycles. The van der Waals surface area contributed by atoms with Crippen LogP contribution >= 0.6 is 0 Å². The highest BCUT2D eigenvalue weighted by Crippen LogP contribution is 2.25. The van der Waals surface area contributed by atoms with Crippen molar-refractivity contribution >= 4 is 5.91 Å². The Balaban J connectivity index is 1.32. The lowest BCUT2D eigenvalue weighted by molar-refractivity contribution is -0.132. The van der Waals surface area contributed by atoms with Crippen LogP contribution in [0.1, 0.15) is 43.4 Å². The number of hydrogen-bond donors (Lipinski definition) is 1. The molecule has 0 spiro atoms. The number of amides is 1. The van der Waals surface area contributed by atoms with E-state index in [9.17, 15) is 9.90 Å². The Morgan fingerprint density at radius 3 is 2.71 bits per heavy atom. The Labute approximate surface area is 143 Å². The Morgan fingerprint density at radius 2 is 1.96 bits per heavy atom. The number of aliphatic hydroxyl groups is 1. The van der Waals surface area contributed by atoms with E-state index in [1.807, 2.05) is 11.1 Å². The molecule has 132 valence electrons. The molecule has 2 unspecified atom stereocenters. The summed E-state index contributed by atoms with van der Waals surface area (Å²) < 4.78 is 2.07. The van der Waals surface area contributed by atoms with Gasteiger partial charge in [-0.1, -0.05) is 0 Å². The van der Waals surface area contributed by atoms with Gasteiger partial charge in [-0.2, -0.15) is 5.10 Å². The summed E-state index contributed by atoms with van der Waals surface area (Å²) in [6.07, 6.45) is 8.80. The van der Waals surface area contributed by atoms with Crippen LogP contribution in [0.4, 0.5) is 0 Å². The molecule has 1 amide bonds. The van der Waals surface area contributed by atoms with Crippen molar-refractivity contribution in [2.24, 2.45) is 0 Å². The first kappa shape index (κ1) is 16.1. The van der Waals surface area contributed by atoms with Crippen molar-refractivity contribution < 1.29 is 9.90 Å². The van der Waals surface area contributed by atoms with E-state index in [-0.39, 0.29) is 12.0 Å². The monoisotopic (exact) mass is 332 g/mol. The van der Waals surface area contributed by atoms with Gasteiger partial charge in [0.05, 0.1) is 18.7 Å².